The lowest BCUT2D eigenvalue weighted by Gasteiger charge is -2.36. The SMILES string of the molecule is COc1ccnc(N2CCN(c3nccc4c(Cl)c(C5(C)CS(=O)(=O)N(C)C(N)=N5)sc34)CC2)c1. The van der Waals surface area contributed by atoms with Crippen LogP contribution in [0.15, 0.2) is 35.6 Å². The first-order valence-corrected chi connectivity index (χ1v) is 13.8. The van der Waals surface area contributed by atoms with Gasteiger partial charge < -0.3 is 20.3 Å². The average Bonchev–Trinajstić information content (AvgIpc) is 3.20. The third kappa shape index (κ3) is 4.13. The van der Waals surface area contributed by atoms with Gasteiger partial charge in [0.2, 0.25) is 16.0 Å². The molecular formula is C22H26ClN7O3S2. The van der Waals surface area contributed by atoms with E-state index in [0.717, 1.165) is 58.0 Å². The number of piperazine rings is 1. The zero-order chi connectivity index (χ0) is 25.0. The van der Waals surface area contributed by atoms with Gasteiger partial charge in [-0.3, -0.25) is 0 Å². The summed E-state index contributed by atoms with van der Waals surface area (Å²) < 4.78 is 32.6. The van der Waals surface area contributed by atoms with Gasteiger partial charge in [-0.1, -0.05) is 11.6 Å². The fourth-order valence-corrected chi connectivity index (χ4v) is 7.82. The number of aromatic nitrogens is 2. The summed E-state index contributed by atoms with van der Waals surface area (Å²) in [6.45, 7) is 4.80. The third-order valence-electron chi connectivity index (χ3n) is 6.44. The van der Waals surface area contributed by atoms with Gasteiger partial charge in [0.05, 0.1) is 27.5 Å². The topological polar surface area (TPSA) is 117 Å². The van der Waals surface area contributed by atoms with Crippen LogP contribution in [-0.2, 0) is 15.6 Å². The van der Waals surface area contributed by atoms with Crippen LogP contribution < -0.4 is 20.3 Å². The van der Waals surface area contributed by atoms with Gasteiger partial charge in [0, 0.05) is 57.1 Å². The van der Waals surface area contributed by atoms with Gasteiger partial charge in [0.25, 0.3) is 0 Å². The van der Waals surface area contributed by atoms with Crippen molar-refractivity contribution in [2.24, 2.45) is 10.7 Å². The lowest BCUT2D eigenvalue weighted by molar-refractivity contribution is 0.414. The van der Waals surface area contributed by atoms with Gasteiger partial charge in [-0.2, -0.15) is 0 Å². The van der Waals surface area contributed by atoms with Crippen LogP contribution in [0.25, 0.3) is 10.1 Å². The number of nitrogens with zero attached hydrogens (tertiary/aromatic N) is 6. The molecule has 1 saturated heterocycles. The summed E-state index contributed by atoms with van der Waals surface area (Å²) in [5.41, 5.74) is 4.88. The molecule has 10 nitrogen and oxygen atoms in total. The van der Waals surface area contributed by atoms with Crippen LogP contribution in [0.3, 0.4) is 0 Å². The average molecular weight is 536 g/mol. The molecule has 3 aromatic rings. The van der Waals surface area contributed by atoms with Crippen LogP contribution in [-0.4, -0.2) is 74.7 Å². The highest BCUT2D eigenvalue weighted by atomic mass is 35.5. The molecule has 1 fully saturated rings. The standard InChI is InChI=1S/C22H26ClN7O3S2/c1-22(13-35(31,32)28(2)21(24)27-22)19-17(23)15-5-7-26-20(18(15)34-19)30-10-8-29(9-11-30)16-12-14(33-3)4-6-25-16/h4-7,12H,8-11,13H2,1-3H3,(H2,24,27). The molecule has 186 valence electrons. The highest BCUT2D eigenvalue weighted by Crippen LogP contribution is 2.47. The van der Waals surface area contributed by atoms with Crippen molar-refractivity contribution < 1.29 is 13.2 Å². The van der Waals surface area contributed by atoms with Crippen molar-refractivity contribution in [3.63, 3.8) is 0 Å². The van der Waals surface area contributed by atoms with Crippen molar-refractivity contribution in [2.75, 3.05) is 55.9 Å². The second kappa shape index (κ2) is 8.68. The molecule has 0 spiro atoms. The van der Waals surface area contributed by atoms with Gasteiger partial charge in [-0.25, -0.2) is 27.7 Å². The maximum atomic E-state index is 12.7. The first kappa shape index (κ1) is 23.9. The predicted molar refractivity (Wildman–Crippen MR) is 140 cm³/mol. The summed E-state index contributed by atoms with van der Waals surface area (Å²) >= 11 is 8.25. The van der Waals surface area contributed by atoms with Crippen molar-refractivity contribution >= 4 is 60.6 Å². The largest absolute Gasteiger partial charge is 0.497 e. The van der Waals surface area contributed by atoms with Gasteiger partial charge in [-0.05, 0) is 19.1 Å². The van der Waals surface area contributed by atoms with Crippen LogP contribution in [0.1, 0.15) is 11.8 Å². The molecule has 5 rings (SSSR count). The van der Waals surface area contributed by atoms with E-state index in [4.69, 9.17) is 22.1 Å². The Bertz CT molecular complexity index is 1420. The summed E-state index contributed by atoms with van der Waals surface area (Å²) in [5.74, 6) is 2.22. The summed E-state index contributed by atoms with van der Waals surface area (Å²) in [4.78, 5) is 18.8. The number of ether oxygens (including phenoxy) is 1. The number of methoxy groups -OCH3 is 1. The molecule has 13 heteroatoms. The minimum absolute atomic E-state index is 0.0482. The van der Waals surface area contributed by atoms with Crippen molar-refractivity contribution in [1.82, 2.24) is 14.3 Å². The molecule has 0 aliphatic carbocycles. The lowest BCUT2D eigenvalue weighted by Crippen LogP contribution is -2.50. The number of hydrogen-bond acceptors (Lipinski definition) is 10. The van der Waals surface area contributed by atoms with E-state index in [1.807, 2.05) is 18.2 Å². The van der Waals surface area contributed by atoms with E-state index in [1.54, 1.807) is 26.4 Å². The minimum Gasteiger partial charge on any atom is -0.497 e. The molecule has 1 atom stereocenters. The number of thiophene rings is 1. The normalized spacial score (nSPS) is 22.4. The van der Waals surface area contributed by atoms with Crippen LogP contribution in [0.5, 0.6) is 5.75 Å². The molecule has 2 aliphatic rings. The quantitative estimate of drug-likeness (QED) is 0.541. The Morgan fingerprint density at radius 1 is 1.14 bits per heavy atom. The molecule has 3 aromatic heterocycles. The second-order valence-electron chi connectivity index (χ2n) is 8.75. The van der Waals surface area contributed by atoms with E-state index < -0.39 is 15.6 Å². The van der Waals surface area contributed by atoms with Gasteiger partial charge in [-0.15, -0.1) is 11.3 Å². The molecule has 35 heavy (non-hydrogen) atoms. The Labute approximate surface area is 213 Å². The zero-order valence-corrected chi connectivity index (χ0v) is 22.0. The Balaban J connectivity index is 1.46. The van der Waals surface area contributed by atoms with Crippen LogP contribution >= 0.6 is 22.9 Å². The van der Waals surface area contributed by atoms with Crippen molar-refractivity contribution in [1.29, 1.82) is 0 Å². The van der Waals surface area contributed by atoms with E-state index in [2.05, 4.69) is 24.8 Å². The van der Waals surface area contributed by atoms with Gasteiger partial charge >= 0.3 is 0 Å². The number of anilines is 2. The molecule has 0 bridgehead atoms. The first-order chi connectivity index (χ1) is 16.6. The molecular weight excluding hydrogens is 510 g/mol. The summed E-state index contributed by atoms with van der Waals surface area (Å²) in [7, 11) is -0.560. The molecule has 2 N–H and O–H groups in total. The molecule has 0 saturated carbocycles. The van der Waals surface area contributed by atoms with E-state index in [-0.39, 0.29) is 11.7 Å². The Morgan fingerprint density at radius 3 is 2.51 bits per heavy atom. The van der Waals surface area contributed by atoms with Crippen molar-refractivity contribution in [3.05, 3.63) is 40.5 Å². The Kier molecular flexibility index (Phi) is 5.93. The van der Waals surface area contributed by atoms with Crippen LogP contribution in [0, 0.1) is 0 Å². The smallest absolute Gasteiger partial charge is 0.239 e. The maximum Gasteiger partial charge on any atom is 0.239 e. The molecule has 0 aromatic carbocycles. The van der Waals surface area contributed by atoms with E-state index >= 15 is 0 Å². The van der Waals surface area contributed by atoms with Gasteiger partial charge in [0.1, 0.15) is 22.9 Å². The van der Waals surface area contributed by atoms with E-state index in [9.17, 15) is 8.42 Å². The maximum absolute atomic E-state index is 12.7. The molecule has 1 unspecified atom stereocenters. The molecule has 5 heterocycles. The number of sulfonamides is 1. The number of halogens is 1. The second-order valence-corrected chi connectivity index (χ2v) is 12.2. The summed E-state index contributed by atoms with van der Waals surface area (Å²) in [6, 6.07) is 5.62. The minimum atomic E-state index is -3.61. The highest BCUT2D eigenvalue weighted by molar-refractivity contribution is 7.89. The third-order valence-corrected chi connectivity index (χ3v) is 10.3. The van der Waals surface area contributed by atoms with Gasteiger partial charge in [0.15, 0.2) is 0 Å². The number of rotatable bonds is 4. The molecule has 2 aliphatic heterocycles. The number of aliphatic imine (C=N–C) groups is 1. The van der Waals surface area contributed by atoms with Crippen LogP contribution in [0.4, 0.5) is 11.6 Å². The molecule has 0 radical (unpaired) electrons. The van der Waals surface area contributed by atoms with Crippen molar-refractivity contribution in [3.8, 4) is 5.75 Å². The fourth-order valence-electron chi connectivity index (χ4n) is 4.46. The Hall–Kier alpha value is -2.83. The van der Waals surface area contributed by atoms with E-state index in [0.29, 0.717) is 9.90 Å². The van der Waals surface area contributed by atoms with Crippen LogP contribution in [0.2, 0.25) is 5.02 Å². The lowest BCUT2D eigenvalue weighted by atomic mass is 10.0. The van der Waals surface area contributed by atoms with Crippen molar-refractivity contribution in [2.45, 2.75) is 12.5 Å². The number of hydrogen-bond donors (Lipinski definition) is 1. The monoisotopic (exact) mass is 535 g/mol. The zero-order valence-electron chi connectivity index (χ0n) is 19.6. The number of pyridine rings is 2. The fraction of sp³-hybridized carbons (Fsp3) is 0.409. The first-order valence-electron chi connectivity index (χ1n) is 11.0. The Morgan fingerprint density at radius 2 is 1.83 bits per heavy atom. The summed E-state index contributed by atoms with van der Waals surface area (Å²) in [6.07, 6.45) is 3.48. The number of fused-ring (bicyclic) bond motifs is 1. The highest BCUT2D eigenvalue weighted by Gasteiger charge is 2.43. The number of nitrogens with two attached hydrogens (primary N) is 1. The predicted octanol–water partition coefficient (Wildman–Crippen LogP) is 2.49. The summed E-state index contributed by atoms with van der Waals surface area (Å²) in [5, 5.41) is 1.33. The number of guanidine groups is 1. The molecule has 0 amide bonds. The van der Waals surface area contributed by atoms with E-state index in [1.165, 1.54) is 18.4 Å².